The van der Waals surface area contributed by atoms with E-state index in [1.54, 1.807) is 17.6 Å². The average Bonchev–Trinajstić information content (AvgIpc) is 2.92. The number of thiazole rings is 1. The van der Waals surface area contributed by atoms with Crippen LogP contribution in [0.1, 0.15) is 17.3 Å². The van der Waals surface area contributed by atoms with Gasteiger partial charge in [0.25, 0.3) is 0 Å². The number of hydrogen-bond donors (Lipinski definition) is 1. The van der Waals surface area contributed by atoms with Gasteiger partial charge in [-0.2, -0.15) is 0 Å². The van der Waals surface area contributed by atoms with Gasteiger partial charge in [0.05, 0.1) is 11.2 Å². The number of halogens is 1. The number of amides is 1. The summed E-state index contributed by atoms with van der Waals surface area (Å²) in [6, 6.07) is 5.76. The van der Waals surface area contributed by atoms with Gasteiger partial charge in [-0.1, -0.05) is 12.1 Å². The highest BCUT2D eigenvalue weighted by Crippen LogP contribution is 2.25. The Balaban J connectivity index is 1.88. The summed E-state index contributed by atoms with van der Waals surface area (Å²) in [7, 11) is 0. The average molecular weight is 291 g/mol. The molecule has 1 fully saturated rings. The summed E-state index contributed by atoms with van der Waals surface area (Å²) in [5, 5.41) is 4.81. The Morgan fingerprint density at radius 3 is 3.15 bits per heavy atom. The van der Waals surface area contributed by atoms with Crippen molar-refractivity contribution in [2.24, 2.45) is 0 Å². The molecular weight excluding hydrogens is 277 g/mol. The van der Waals surface area contributed by atoms with Crippen LogP contribution in [0.3, 0.4) is 0 Å². The van der Waals surface area contributed by atoms with Gasteiger partial charge < -0.3 is 5.32 Å². The highest BCUT2D eigenvalue weighted by molar-refractivity contribution is 7.07. The number of aromatic nitrogens is 1. The topological polar surface area (TPSA) is 45.2 Å². The van der Waals surface area contributed by atoms with Crippen molar-refractivity contribution in [1.82, 2.24) is 15.2 Å². The van der Waals surface area contributed by atoms with E-state index in [9.17, 15) is 9.18 Å². The maximum atomic E-state index is 13.4. The lowest BCUT2D eigenvalue weighted by Crippen LogP contribution is -2.49. The first-order valence-corrected chi connectivity index (χ1v) is 7.32. The van der Waals surface area contributed by atoms with E-state index in [4.69, 9.17) is 0 Å². The number of carbonyl (C=O) groups is 1. The number of nitrogens with zero attached hydrogens (tertiary/aromatic N) is 2. The summed E-state index contributed by atoms with van der Waals surface area (Å²) in [5.41, 5.74) is 3.39. The Morgan fingerprint density at radius 1 is 1.50 bits per heavy atom. The summed E-state index contributed by atoms with van der Waals surface area (Å²) in [5.74, 6) is -0.411. The molecule has 1 aromatic carbocycles. The number of nitrogens with one attached hydrogen (secondary N) is 1. The first-order valence-electron chi connectivity index (χ1n) is 6.38. The third-order valence-electron chi connectivity index (χ3n) is 3.32. The molecule has 1 aromatic heterocycles. The lowest BCUT2D eigenvalue weighted by atomic mass is 10.0. The summed E-state index contributed by atoms with van der Waals surface area (Å²) in [6.45, 7) is 1.93. The molecule has 20 heavy (non-hydrogen) atoms. The minimum absolute atomic E-state index is 0.0860. The Labute approximate surface area is 120 Å². The number of piperazine rings is 1. The second-order valence-corrected chi connectivity index (χ2v) is 5.42. The van der Waals surface area contributed by atoms with Gasteiger partial charge in [-0.25, -0.2) is 9.37 Å². The van der Waals surface area contributed by atoms with Gasteiger partial charge in [0.15, 0.2) is 0 Å². The second kappa shape index (κ2) is 5.68. The monoisotopic (exact) mass is 291 g/mol. The van der Waals surface area contributed by atoms with Gasteiger partial charge >= 0.3 is 0 Å². The minimum atomic E-state index is -0.457. The van der Waals surface area contributed by atoms with Crippen LogP contribution in [0.2, 0.25) is 0 Å². The molecule has 3 rings (SSSR count). The van der Waals surface area contributed by atoms with Crippen molar-refractivity contribution < 1.29 is 9.18 Å². The molecule has 4 nitrogen and oxygen atoms in total. The molecule has 0 saturated carbocycles. The van der Waals surface area contributed by atoms with E-state index in [-0.39, 0.29) is 11.7 Å². The molecule has 0 spiro atoms. The summed E-state index contributed by atoms with van der Waals surface area (Å²) >= 11 is 1.53. The zero-order chi connectivity index (χ0) is 13.9. The summed E-state index contributed by atoms with van der Waals surface area (Å²) < 4.78 is 13.4. The molecule has 0 radical (unpaired) electrons. The number of benzene rings is 1. The fourth-order valence-corrected chi connectivity index (χ4v) is 3.00. The fraction of sp³-hybridized carbons (Fsp3) is 0.286. The fourth-order valence-electron chi connectivity index (χ4n) is 2.45. The van der Waals surface area contributed by atoms with Gasteiger partial charge in [-0.05, 0) is 17.7 Å². The van der Waals surface area contributed by atoms with E-state index in [1.807, 2.05) is 10.3 Å². The Kier molecular flexibility index (Phi) is 3.75. The molecular formula is C14H14FN3OS. The van der Waals surface area contributed by atoms with E-state index in [0.717, 1.165) is 12.2 Å². The van der Waals surface area contributed by atoms with Crippen LogP contribution in [-0.2, 0) is 11.3 Å². The largest absolute Gasteiger partial charge is 0.353 e. The minimum Gasteiger partial charge on any atom is -0.353 e. The Morgan fingerprint density at radius 2 is 2.40 bits per heavy atom. The molecule has 6 heteroatoms. The Hall–Kier alpha value is -1.79. The van der Waals surface area contributed by atoms with Crippen molar-refractivity contribution in [2.45, 2.75) is 12.6 Å². The van der Waals surface area contributed by atoms with Crippen LogP contribution in [0.4, 0.5) is 4.39 Å². The van der Waals surface area contributed by atoms with E-state index in [2.05, 4.69) is 10.3 Å². The van der Waals surface area contributed by atoms with Crippen LogP contribution < -0.4 is 5.32 Å². The van der Waals surface area contributed by atoms with Crippen molar-refractivity contribution in [3.05, 3.63) is 52.2 Å². The van der Waals surface area contributed by atoms with Crippen LogP contribution >= 0.6 is 11.3 Å². The first-order chi connectivity index (χ1) is 9.74. The molecule has 2 heterocycles. The van der Waals surface area contributed by atoms with Gasteiger partial charge in [-0.3, -0.25) is 9.69 Å². The molecule has 1 unspecified atom stereocenters. The third kappa shape index (κ3) is 2.71. The van der Waals surface area contributed by atoms with Crippen molar-refractivity contribution in [3.8, 4) is 0 Å². The lowest BCUT2D eigenvalue weighted by Gasteiger charge is -2.34. The smallest absolute Gasteiger partial charge is 0.242 e. The van der Waals surface area contributed by atoms with Crippen molar-refractivity contribution >= 4 is 17.2 Å². The predicted molar refractivity (Wildman–Crippen MR) is 74.7 cm³/mol. The SMILES string of the molecule is O=C1NCCN(Cc2cscn2)C1c1cccc(F)c1. The number of hydrogen-bond acceptors (Lipinski definition) is 4. The van der Waals surface area contributed by atoms with E-state index in [0.29, 0.717) is 18.7 Å². The molecule has 1 aliphatic heterocycles. The van der Waals surface area contributed by atoms with Crippen LogP contribution in [-0.4, -0.2) is 28.9 Å². The van der Waals surface area contributed by atoms with Crippen LogP contribution in [0, 0.1) is 5.82 Å². The summed E-state index contributed by atoms with van der Waals surface area (Å²) in [4.78, 5) is 18.4. The normalized spacial score (nSPS) is 19.9. The highest BCUT2D eigenvalue weighted by Gasteiger charge is 2.31. The standard InChI is InChI=1S/C14H14FN3OS/c15-11-3-1-2-10(6-11)13-14(19)16-4-5-18(13)7-12-8-20-9-17-12/h1-3,6,8-9,13H,4-5,7H2,(H,16,19). The second-order valence-electron chi connectivity index (χ2n) is 4.70. The molecule has 2 aromatic rings. The van der Waals surface area contributed by atoms with Crippen molar-refractivity contribution in [1.29, 1.82) is 0 Å². The summed E-state index contributed by atoms with van der Waals surface area (Å²) in [6.07, 6.45) is 0. The molecule has 1 aliphatic rings. The third-order valence-corrected chi connectivity index (χ3v) is 3.96. The first kappa shape index (κ1) is 13.2. The van der Waals surface area contributed by atoms with Crippen LogP contribution in [0.25, 0.3) is 0 Å². The zero-order valence-electron chi connectivity index (χ0n) is 10.8. The Bertz CT molecular complexity index is 602. The van der Waals surface area contributed by atoms with E-state index in [1.165, 1.54) is 23.5 Å². The van der Waals surface area contributed by atoms with E-state index < -0.39 is 6.04 Å². The quantitative estimate of drug-likeness (QED) is 0.940. The molecule has 1 saturated heterocycles. The van der Waals surface area contributed by atoms with Crippen molar-refractivity contribution in [3.63, 3.8) is 0 Å². The maximum Gasteiger partial charge on any atom is 0.242 e. The molecule has 1 N–H and O–H groups in total. The van der Waals surface area contributed by atoms with Gasteiger partial charge in [0.1, 0.15) is 11.9 Å². The predicted octanol–water partition coefficient (Wildman–Crippen LogP) is 1.96. The molecule has 104 valence electrons. The highest BCUT2D eigenvalue weighted by atomic mass is 32.1. The van der Waals surface area contributed by atoms with Crippen molar-refractivity contribution in [2.75, 3.05) is 13.1 Å². The van der Waals surface area contributed by atoms with Gasteiger partial charge in [0, 0.05) is 25.0 Å². The maximum absolute atomic E-state index is 13.4. The van der Waals surface area contributed by atoms with Gasteiger partial charge in [-0.15, -0.1) is 11.3 Å². The molecule has 0 bridgehead atoms. The number of carbonyl (C=O) groups excluding carboxylic acids is 1. The lowest BCUT2D eigenvalue weighted by molar-refractivity contribution is -0.129. The van der Waals surface area contributed by atoms with Crippen LogP contribution in [0.5, 0.6) is 0 Å². The molecule has 1 amide bonds. The van der Waals surface area contributed by atoms with Crippen LogP contribution in [0.15, 0.2) is 35.2 Å². The van der Waals surface area contributed by atoms with E-state index >= 15 is 0 Å². The van der Waals surface area contributed by atoms with Gasteiger partial charge in [0.2, 0.25) is 5.91 Å². The molecule has 0 aliphatic carbocycles. The molecule has 1 atom stereocenters. The zero-order valence-corrected chi connectivity index (χ0v) is 11.6. The number of rotatable bonds is 3.